The lowest BCUT2D eigenvalue weighted by atomic mass is 10.1. The lowest BCUT2D eigenvalue weighted by Crippen LogP contribution is -2.49. The minimum atomic E-state index is -0.392. The molecule has 0 amide bonds. The molecule has 21 heavy (non-hydrogen) atoms. The Hall–Kier alpha value is -1.49. The molecule has 1 heterocycles. The van der Waals surface area contributed by atoms with Crippen molar-refractivity contribution in [3.8, 4) is 5.75 Å². The molecular formula is C16H26FN3O. The van der Waals surface area contributed by atoms with E-state index in [0.29, 0.717) is 18.3 Å². The summed E-state index contributed by atoms with van der Waals surface area (Å²) in [4.78, 5) is 4.70. The van der Waals surface area contributed by atoms with Crippen LogP contribution in [0.5, 0.6) is 5.75 Å². The van der Waals surface area contributed by atoms with Gasteiger partial charge in [0.25, 0.3) is 0 Å². The van der Waals surface area contributed by atoms with Gasteiger partial charge in [0.1, 0.15) is 0 Å². The molecule has 0 aromatic heterocycles. The van der Waals surface area contributed by atoms with Crippen LogP contribution in [-0.4, -0.2) is 43.7 Å². The van der Waals surface area contributed by atoms with E-state index in [1.807, 2.05) is 6.92 Å². The van der Waals surface area contributed by atoms with E-state index in [1.165, 1.54) is 6.07 Å². The van der Waals surface area contributed by atoms with Crippen LogP contribution in [0.1, 0.15) is 27.2 Å². The number of nitrogens with two attached hydrogens (primary N) is 1. The molecule has 118 valence electrons. The number of ether oxygens (including phenoxy) is 1. The van der Waals surface area contributed by atoms with Crippen molar-refractivity contribution in [2.45, 2.75) is 33.2 Å². The summed E-state index contributed by atoms with van der Waals surface area (Å²) < 4.78 is 19.1. The Morgan fingerprint density at radius 2 is 1.90 bits per heavy atom. The maximum atomic E-state index is 13.8. The van der Waals surface area contributed by atoms with Crippen LogP contribution in [0.15, 0.2) is 12.1 Å². The fourth-order valence-corrected chi connectivity index (χ4v) is 2.76. The monoisotopic (exact) mass is 295 g/mol. The fraction of sp³-hybridized carbons (Fsp3) is 0.625. The van der Waals surface area contributed by atoms with E-state index in [2.05, 4.69) is 23.6 Å². The van der Waals surface area contributed by atoms with Crippen LogP contribution in [0, 0.1) is 5.82 Å². The van der Waals surface area contributed by atoms with Gasteiger partial charge in [-0.3, -0.25) is 4.90 Å². The molecule has 0 saturated carbocycles. The summed E-state index contributed by atoms with van der Waals surface area (Å²) in [5.74, 6) is -0.109. The molecule has 1 aromatic carbocycles. The normalized spacial score (nSPS) is 17.8. The van der Waals surface area contributed by atoms with E-state index < -0.39 is 5.82 Å². The zero-order valence-electron chi connectivity index (χ0n) is 13.2. The Kier molecular flexibility index (Phi) is 5.28. The first-order valence-corrected chi connectivity index (χ1v) is 7.77. The van der Waals surface area contributed by atoms with Crippen molar-refractivity contribution in [3.05, 3.63) is 17.9 Å². The number of hydrogen-bond donors (Lipinski definition) is 1. The van der Waals surface area contributed by atoms with Gasteiger partial charge in [-0.15, -0.1) is 0 Å². The lowest BCUT2D eigenvalue weighted by molar-refractivity contribution is 0.193. The smallest absolute Gasteiger partial charge is 0.167 e. The van der Waals surface area contributed by atoms with Gasteiger partial charge in [-0.2, -0.15) is 0 Å². The summed E-state index contributed by atoms with van der Waals surface area (Å²) in [5, 5.41) is 0. The Bertz CT molecular complexity index is 473. The van der Waals surface area contributed by atoms with Gasteiger partial charge >= 0.3 is 0 Å². The van der Waals surface area contributed by atoms with Gasteiger partial charge in [0.2, 0.25) is 0 Å². The Morgan fingerprint density at radius 3 is 2.48 bits per heavy atom. The Balaban J connectivity index is 2.11. The number of halogens is 1. The van der Waals surface area contributed by atoms with E-state index in [0.717, 1.165) is 38.3 Å². The number of rotatable bonds is 5. The number of benzene rings is 1. The quantitative estimate of drug-likeness (QED) is 0.848. The van der Waals surface area contributed by atoms with Crippen molar-refractivity contribution in [2.75, 3.05) is 43.4 Å². The van der Waals surface area contributed by atoms with E-state index in [4.69, 9.17) is 10.5 Å². The molecule has 1 aromatic rings. The van der Waals surface area contributed by atoms with Crippen molar-refractivity contribution >= 4 is 11.4 Å². The molecule has 0 aliphatic carbocycles. The molecule has 1 aliphatic heterocycles. The summed E-state index contributed by atoms with van der Waals surface area (Å²) in [6.07, 6.45) is 1.16. The van der Waals surface area contributed by atoms with Crippen LogP contribution in [0.2, 0.25) is 0 Å². The minimum absolute atomic E-state index is 0.283. The first-order valence-electron chi connectivity index (χ1n) is 7.77. The summed E-state index contributed by atoms with van der Waals surface area (Å²) in [5.41, 5.74) is 7.35. The average Bonchev–Trinajstić information content (AvgIpc) is 2.49. The van der Waals surface area contributed by atoms with E-state index >= 15 is 0 Å². The highest BCUT2D eigenvalue weighted by molar-refractivity contribution is 5.70. The Morgan fingerprint density at radius 1 is 1.24 bits per heavy atom. The zero-order chi connectivity index (χ0) is 15.4. The number of anilines is 2. The van der Waals surface area contributed by atoms with Crippen LogP contribution in [0.3, 0.4) is 0 Å². The van der Waals surface area contributed by atoms with Gasteiger partial charge in [0.05, 0.1) is 18.0 Å². The van der Waals surface area contributed by atoms with Gasteiger partial charge in [0.15, 0.2) is 11.6 Å². The van der Waals surface area contributed by atoms with Crippen molar-refractivity contribution in [1.29, 1.82) is 0 Å². The molecule has 2 rings (SSSR count). The SMILES string of the molecule is CCOc1cc(N2CCN(C(C)CC)CC2)c(N)cc1F. The molecule has 1 aliphatic rings. The molecular weight excluding hydrogens is 269 g/mol. The molecule has 4 nitrogen and oxygen atoms in total. The van der Waals surface area contributed by atoms with E-state index in [-0.39, 0.29) is 5.75 Å². The molecule has 1 saturated heterocycles. The highest BCUT2D eigenvalue weighted by Crippen LogP contribution is 2.32. The highest BCUT2D eigenvalue weighted by Gasteiger charge is 2.22. The topological polar surface area (TPSA) is 41.7 Å². The van der Waals surface area contributed by atoms with Crippen molar-refractivity contribution in [2.24, 2.45) is 0 Å². The first-order chi connectivity index (χ1) is 10.1. The third-order valence-corrected chi connectivity index (χ3v) is 4.25. The Labute approximate surface area is 126 Å². The molecule has 2 N–H and O–H groups in total. The maximum Gasteiger partial charge on any atom is 0.167 e. The summed E-state index contributed by atoms with van der Waals surface area (Å²) in [6, 6.07) is 3.70. The van der Waals surface area contributed by atoms with Gasteiger partial charge in [-0.05, 0) is 20.3 Å². The van der Waals surface area contributed by atoms with Gasteiger partial charge in [0, 0.05) is 44.4 Å². The number of piperazine rings is 1. The largest absolute Gasteiger partial charge is 0.491 e. The van der Waals surface area contributed by atoms with Crippen LogP contribution in [-0.2, 0) is 0 Å². The fourth-order valence-electron chi connectivity index (χ4n) is 2.76. The second-order valence-corrected chi connectivity index (χ2v) is 5.55. The molecule has 1 fully saturated rings. The molecule has 5 heteroatoms. The summed E-state index contributed by atoms with van der Waals surface area (Å²) in [7, 11) is 0. The van der Waals surface area contributed by atoms with E-state index in [1.54, 1.807) is 6.07 Å². The van der Waals surface area contributed by atoms with Crippen molar-refractivity contribution in [3.63, 3.8) is 0 Å². The van der Waals surface area contributed by atoms with Crippen LogP contribution < -0.4 is 15.4 Å². The van der Waals surface area contributed by atoms with Crippen LogP contribution >= 0.6 is 0 Å². The minimum Gasteiger partial charge on any atom is -0.491 e. The number of nitrogen functional groups attached to an aromatic ring is 1. The maximum absolute atomic E-state index is 13.8. The van der Waals surface area contributed by atoms with Gasteiger partial charge in [-0.25, -0.2) is 4.39 Å². The molecule has 0 radical (unpaired) electrons. The molecule has 0 bridgehead atoms. The standard InChI is InChI=1S/C16H26FN3O/c1-4-12(3)19-6-8-20(9-7-19)15-11-16(21-5-2)13(17)10-14(15)18/h10-12H,4-9,18H2,1-3H3. The second-order valence-electron chi connectivity index (χ2n) is 5.55. The summed E-state index contributed by atoms with van der Waals surface area (Å²) in [6.45, 7) is 10.6. The zero-order valence-corrected chi connectivity index (χ0v) is 13.2. The lowest BCUT2D eigenvalue weighted by Gasteiger charge is -2.39. The number of nitrogens with zero attached hydrogens (tertiary/aromatic N) is 2. The first kappa shape index (κ1) is 15.9. The molecule has 1 unspecified atom stereocenters. The highest BCUT2D eigenvalue weighted by atomic mass is 19.1. The number of hydrogen-bond acceptors (Lipinski definition) is 4. The predicted octanol–water partition coefficient (Wildman–Crippen LogP) is 2.73. The van der Waals surface area contributed by atoms with Gasteiger partial charge < -0.3 is 15.4 Å². The van der Waals surface area contributed by atoms with Crippen LogP contribution in [0.25, 0.3) is 0 Å². The predicted molar refractivity (Wildman–Crippen MR) is 85.5 cm³/mol. The average molecular weight is 295 g/mol. The summed E-state index contributed by atoms with van der Waals surface area (Å²) >= 11 is 0. The van der Waals surface area contributed by atoms with Crippen LogP contribution in [0.4, 0.5) is 15.8 Å². The third kappa shape index (κ3) is 3.59. The van der Waals surface area contributed by atoms with E-state index in [9.17, 15) is 4.39 Å². The van der Waals surface area contributed by atoms with Crippen molar-refractivity contribution in [1.82, 2.24) is 4.90 Å². The third-order valence-electron chi connectivity index (χ3n) is 4.25. The molecule has 0 spiro atoms. The van der Waals surface area contributed by atoms with Gasteiger partial charge in [-0.1, -0.05) is 6.92 Å². The van der Waals surface area contributed by atoms with Crippen molar-refractivity contribution < 1.29 is 9.13 Å². The second kappa shape index (κ2) is 6.98. The molecule has 1 atom stereocenters.